The lowest BCUT2D eigenvalue weighted by Crippen LogP contribution is -2.51. The highest BCUT2D eigenvalue weighted by Crippen LogP contribution is 2.48. The number of sulfonamides is 1. The Bertz CT molecular complexity index is 1120. The van der Waals surface area contributed by atoms with Gasteiger partial charge in [-0.15, -0.1) is 11.3 Å². The van der Waals surface area contributed by atoms with Crippen molar-refractivity contribution < 1.29 is 23.0 Å². The first-order chi connectivity index (χ1) is 16.2. The van der Waals surface area contributed by atoms with Gasteiger partial charge in [0.1, 0.15) is 10.6 Å². The number of aromatic nitrogens is 1. The van der Waals surface area contributed by atoms with Crippen LogP contribution in [0.3, 0.4) is 0 Å². The molecule has 5 rings (SSSR count). The maximum absolute atomic E-state index is 11.6. The average Bonchev–Trinajstić information content (AvgIpc) is 3.33. The molecular weight excluding hydrogens is 474 g/mol. The van der Waals surface area contributed by atoms with Crippen LogP contribution in [0.5, 0.6) is 5.75 Å². The number of hydrogen-bond acceptors (Lipinski definition) is 8. The van der Waals surface area contributed by atoms with Gasteiger partial charge in [0.25, 0.3) is 0 Å². The fourth-order valence-electron chi connectivity index (χ4n) is 6.06. The third-order valence-corrected chi connectivity index (χ3v) is 9.69. The van der Waals surface area contributed by atoms with E-state index in [2.05, 4.69) is 23.7 Å². The molecule has 3 N–H and O–H groups in total. The van der Waals surface area contributed by atoms with Gasteiger partial charge >= 0.3 is 0 Å². The van der Waals surface area contributed by atoms with Gasteiger partial charge in [0, 0.05) is 30.2 Å². The molecule has 2 aromatic rings. The van der Waals surface area contributed by atoms with Crippen molar-refractivity contribution >= 4 is 31.6 Å². The molecule has 10 heteroatoms. The zero-order chi connectivity index (χ0) is 24.0. The maximum Gasteiger partial charge on any atom is 0.235 e. The van der Waals surface area contributed by atoms with Crippen LogP contribution in [0.1, 0.15) is 68.7 Å². The molecule has 0 spiro atoms. The van der Waals surface area contributed by atoms with E-state index in [9.17, 15) is 13.5 Å². The molecule has 3 aliphatic rings. The maximum atomic E-state index is 11.6. The van der Waals surface area contributed by atoms with Crippen LogP contribution >= 0.6 is 11.3 Å². The molecule has 2 fully saturated rings. The van der Waals surface area contributed by atoms with Gasteiger partial charge in [-0.25, -0.2) is 18.5 Å². The SMILES string of the molecule is C[C@@H]1CN([C@H]2CC[C@H](Oc3ccnc4sc5c(c34)[C@@H](C[C@H](O)S(N)(=O)=O)CC5)CC2)C[C@@H](C)O1. The zero-order valence-electron chi connectivity index (χ0n) is 19.9. The number of thiophene rings is 1. The van der Waals surface area contributed by atoms with Gasteiger partial charge in [0.15, 0.2) is 5.44 Å². The number of fused-ring (bicyclic) bond motifs is 3. The van der Waals surface area contributed by atoms with Crippen molar-refractivity contribution in [3.8, 4) is 5.75 Å². The Labute approximate surface area is 205 Å². The number of morpholine rings is 1. The minimum absolute atomic E-state index is 0.0651. The highest BCUT2D eigenvalue weighted by Gasteiger charge is 2.35. The monoisotopic (exact) mass is 509 g/mol. The van der Waals surface area contributed by atoms with E-state index in [1.807, 2.05) is 6.07 Å². The Kier molecular flexibility index (Phi) is 6.91. The molecule has 1 saturated heterocycles. The summed E-state index contributed by atoms with van der Waals surface area (Å²) in [5, 5.41) is 16.3. The molecule has 0 unspecified atom stereocenters. The standard InChI is InChI=1S/C24H35N3O5S2/c1-14-12-27(13-15(2)31-14)17-4-6-18(7-5-17)32-19-9-10-26-24-23(19)22-16(3-8-20(22)33-24)11-21(28)34(25,29)30/h9-10,14-18,21,28H,3-8,11-13H2,1-2H3,(H2,25,29,30)/t14-,15-,16-,17-,18-,21-/m1/s1. The van der Waals surface area contributed by atoms with Crippen LogP contribution in [0.2, 0.25) is 0 Å². The Hall–Kier alpha value is -1.30. The fraction of sp³-hybridized carbons (Fsp3) is 0.708. The number of aliphatic hydroxyl groups excluding tert-OH is 1. The summed E-state index contributed by atoms with van der Waals surface area (Å²) in [6.07, 6.45) is 8.53. The number of nitrogens with two attached hydrogens (primary N) is 1. The molecule has 0 aromatic carbocycles. The van der Waals surface area contributed by atoms with E-state index in [1.165, 1.54) is 4.88 Å². The second kappa shape index (κ2) is 9.63. The summed E-state index contributed by atoms with van der Waals surface area (Å²) >= 11 is 1.65. The normalized spacial score (nSPS) is 31.5. The molecule has 1 saturated carbocycles. The molecule has 4 atom stereocenters. The number of ether oxygens (including phenoxy) is 2. The van der Waals surface area contributed by atoms with E-state index in [0.29, 0.717) is 6.04 Å². The molecular formula is C24H35N3O5S2. The number of aliphatic hydroxyl groups is 1. The number of nitrogens with zero attached hydrogens (tertiary/aromatic N) is 2. The zero-order valence-corrected chi connectivity index (χ0v) is 21.5. The predicted molar refractivity (Wildman–Crippen MR) is 133 cm³/mol. The van der Waals surface area contributed by atoms with Gasteiger partial charge in [-0.2, -0.15) is 0 Å². The van der Waals surface area contributed by atoms with Crippen molar-refractivity contribution in [2.45, 2.75) is 94.5 Å². The Morgan fingerprint density at radius 1 is 1.24 bits per heavy atom. The summed E-state index contributed by atoms with van der Waals surface area (Å²) in [5.41, 5.74) is -0.462. The quantitative estimate of drug-likeness (QED) is 0.615. The predicted octanol–water partition coefficient (Wildman–Crippen LogP) is 3.12. The molecule has 2 aromatic heterocycles. The topological polar surface area (TPSA) is 115 Å². The first-order valence-electron chi connectivity index (χ1n) is 12.3. The number of hydrogen-bond donors (Lipinski definition) is 2. The molecule has 0 amide bonds. The Morgan fingerprint density at radius 2 is 1.94 bits per heavy atom. The Balaban J connectivity index is 1.30. The van der Waals surface area contributed by atoms with Gasteiger partial charge in [-0.3, -0.25) is 4.90 Å². The highest BCUT2D eigenvalue weighted by atomic mass is 32.2. The third kappa shape index (κ3) is 4.99. The van der Waals surface area contributed by atoms with E-state index >= 15 is 0 Å². The van der Waals surface area contributed by atoms with E-state index in [4.69, 9.17) is 14.6 Å². The molecule has 1 aliphatic heterocycles. The number of aryl methyl sites for hydroxylation is 1. The molecule has 3 heterocycles. The smallest absolute Gasteiger partial charge is 0.235 e. The van der Waals surface area contributed by atoms with Crippen molar-refractivity contribution in [3.05, 3.63) is 22.7 Å². The minimum atomic E-state index is -3.98. The van der Waals surface area contributed by atoms with Crippen LogP contribution in [0.25, 0.3) is 10.2 Å². The lowest BCUT2D eigenvalue weighted by molar-refractivity contribution is -0.0866. The van der Waals surface area contributed by atoms with Crippen LogP contribution in [0, 0.1) is 0 Å². The first-order valence-corrected chi connectivity index (χ1v) is 14.8. The highest BCUT2D eigenvalue weighted by molar-refractivity contribution is 7.89. The van der Waals surface area contributed by atoms with E-state index < -0.39 is 15.5 Å². The van der Waals surface area contributed by atoms with Crippen molar-refractivity contribution in [2.75, 3.05) is 13.1 Å². The molecule has 188 valence electrons. The summed E-state index contributed by atoms with van der Waals surface area (Å²) in [4.78, 5) is 9.28. The minimum Gasteiger partial charge on any atom is -0.490 e. The van der Waals surface area contributed by atoms with Crippen LogP contribution in [0.15, 0.2) is 12.3 Å². The fourth-order valence-corrected chi connectivity index (χ4v) is 7.82. The summed E-state index contributed by atoms with van der Waals surface area (Å²) in [6, 6.07) is 2.51. The number of primary sulfonamides is 1. The average molecular weight is 510 g/mol. The van der Waals surface area contributed by atoms with Crippen molar-refractivity contribution in [1.82, 2.24) is 9.88 Å². The van der Waals surface area contributed by atoms with E-state index in [0.717, 1.165) is 73.1 Å². The van der Waals surface area contributed by atoms with Gasteiger partial charge in [0.2, 0.25) is 10.0 Å². The number of rotatable bonds is 6. The van der Waals surface area contributed by atoms with Gasteiger partial charge in [0.05, 0.1) is 23.7 Å². The van der Waals surface area contributed by atoms with Crippen molar-refractivity contribution in [2.24, 2.45) is 5.14 Å². The molecule has 34 heavy (non-hydrogen) atoms. The summed E-state index contributed by atoms with van der Waals surface area (Å²) in [5.74, 6) is 0.765. The van der Waals surface area contributed by atoms with Crippen LogP contribution in [0.4, 0.5) is 0 Å². The van der Waals surface area contributed by atoms with E-state index in [1.54, 1.807) is 17.5 Å². The van der Waals surface area contributed by atoms with E-state index in [-0.39, 0.29) is 30.7 Å². The first kappa shape index (κ1) is 24.4. The van der Waals surface area contributed by atoms with Crippen LogP contribution in [-0.2, 0) is 21.2 Å². The van der Waals surface area contributed by atoms with Gasteiger partial charge in [-0.1, -0.05) is 0 Å². The largest absolute Gasteiger partial charge is 0.490 e. The molecule has 2 aliphatic carbocycles. The Morgan fingerprint density at radius 3 is 2.62 bits per heavy atom. The van der Waals surface area contributed by atoms with Crippen molar-refractivity contribution in [1.29, 1.82) is 0 Å². The second-order valence-electron chi connectivity index (χ2n) is 10.2. The lowest BCUT2D eigenvalue weighted by atomic mass is 9.91. The van der Waals surface area contributed by atoms with Crippen LogP contribution in [-0.4, -0.2) is 66.3 Å². The third-order valence-electron chi connectivity index (χ3n) is 7.56. The van der Waals surface area contributed by atoms with Crippen LogP contribution < -0.4 is 9.88 Å². The summed E-state index contributed by atoms with van der Waals surface area (Å²) < 4.78 is 35.7. The lowest BCUT2D eigenvalue weighted by Gasteiger charge is -2.42. The van der Waals surface area contributed by atoms with Gasteiger partial charge < -0.3 is 14.6 Å². The summed E-state index contributed by atoms with van der Waals surface area (Å²) in [6.45, 7) is 6.30. The number of pyridine rings is 1. The molecule has 0 bridgehead atoms. The second-order valence-corrected chi connectivity index (χ2v) is 13.0. The molecule has 8 nitrogen and oxygen atoms in total. The molecule has 0 radical (unpaired) electrons. The summed E-state index contributed by atoms with van der Waals surface area (Å²) in [7, 11) is -3.98. The van der Waals surface area contributed by atoms with Crippen molar-refractivity contribution in [3.63, 3.8) is 0 Å². The van der Waals surface area contributed by atoms with Gasteiger partial charge in [-0.05, 0) is 76.3 Å².